The van der Waals surface area contributed by atoms with Crippen molar-refractivity contribution in [3.63, 3.8) is 0 Å². The maximum Gasteiger partial charge on any atom is 0.252 e. The number of hydrogen-bond donors (Lipinski definition) is 1. The third-order valence-electron chi connectivity index (χ3n) is 4.23. The van der Waals surface area contributed by atoms with Gasteiger partial charge in [-0.15, -0.1) is 0 Å². The van der Waals surface area contributed by atoms with Crippen LogP contribution in [0.5, 0.6) is 11.5 Å². The van der Waals surface area contributed by atoms with Crippen molar-refractivity contribution < 1.29 is 14.3 Å². The minimum Gasteiger partial charge on any atom is -0.497 e. The number of carbonyl (C=O) groups is 1. The van der Waals surface area contributed by atoms with Gasteiger partial charge in [-0.25, -0.2) is 9.50 Å². The number of anilines is 1. The van der Waals surface area contributed by atoms with Crippen molar-refractivity contribution >= 4 is 17.4 Å². The third-order valence-corrected chi connectivity index (χ3v) is 4.23. The lowest BCUT2D eigenvalue weighted by molar-refractivity contribution is -0.116. The lowest BCUT2D eigenvalue weighted by atomic mass is 10.1. The number of ether oxygens (including phenoxy) is 2. The summed E-state index contributed by atoms with van der Waals surface area (Å²) in [5, 5.41) is 7.05. The molecular formula is C18H21N5O3. The van der Waals surface area contributed by atoms with E-state index in [0.29, 0.717) is 35.8 Å². The highest BCUT2D eigenvalue weighted by atomic mass is 16.5. The van der Waals surface area contributed by atoms with E-state index in [1.54, 1.807) is 36.9 Å². The molecule has 0 unspecified atom stereocenters. The second kappa shape index (κ2) is 7.38. The second-order valence-electron chi connectivity index (χ2n) is 5.88. The van der Waals surface area contributed by atoms with Gasteiger partial charge in [0.25, 0.3) is 5.78 Å². The van der Waals surface area contributed by atoms with Crippen LogP contribution in [0.1, 0.15) is 23.4 Å². The molecule has 8 nitrogen and oxygen atoms in total. The van der Waals surface area contributed by atoms with Crippen LogP contribution in [0.25, 0.3) is 5.78 Å². The Morgan fingerprint density at radius 3 is 2.50 bits per heavy atom. The van der Waals surface area contributed by atoms with Crippen LogP contribution >= 0.6 is 0 Å². The highest BCUT2D eigenvalue weighted by molar-refractivity contribution is 5.91. The Bertz CT molecular complexity index is 929. The molecule has 1 amide bonds. The van der Waals surface area contributed by atoms with Gasteiger partial charge < -0.3 is 14.8 Å². The van der Waals surface area contributed by atoms with Crippen molar-refractivity contribution in [2.45, 2.75) is 26.7 Å². The van der Waals surface area contributed by atoms with Crippen molar-refractivity contribution in [2.24, 2.45) is 0 Å². The molecule has 2 heterocycles. The smallest absolute Gasteiger partial charge is 0.252 e. The first-order valence-electron chi connectivity index (χ1n) is 8.20. The number of fused-ring (bicyclic) bond motifs is 1. The molecule has 0 saturated heterocycles. The number of carbonyl (C=O) groups excluding carboxylic acids is 1. The van der Waals surface area contributed by atoms with E-state index in [1.807, 2.05) is 13.8 Å². The van der Waals surface area contributed by atoms with Gasteiger partial charge in [-0.1, -0.05) is 0 Å². The molecule has 26 heavy (non-hydrogen) atoms. The Morgan fingerprint density at radius 1 is 1.15 bits per heavy atom. The van der Waals surface area contributed by atoms with Gasteiger partial charge >= 0.3 is 0 Å². The van der Waals surface area contributed by atoms with Crippen molar-refractivity contribution in [1.82, 2.24) is 19.6 Å². The first-order valence-corrected chi connectivity index (χ1v) is 8.20. The van der Waals surface area contributed by atoms with Crippen LogP contribution in [-0.2, 0) is 11.2 Å². The van der Waals surface area contributed by atoms with E-state index >= 15 is 0 Å². The lowest BCUT2D eigenvalue weighted by Gasteiger charge is -2.12. The fourth-order valence-electron chi connectivity index (χ4n) is 2.86. The number of amides is 1. The fourth-order valence-corrected chi connectivity index (χ4v) is 2.86. The predicted molar refractivity (Wildman–Crippen MR) is 96.8 cm³/mol. The van der Waals surface area contributed by atoms with Crippen LogP contribution in [0.3, 0.4) is 0 Å². The Labute approximate surface area is 151 Å². The summed E-state index contributed by atoms with van der Waals surface area (Å²) < 4.78 is 12.1. The minimum atomic E-state index is -0.0993. The van der Waals surface area contributed by atoms with E-state index in [2.05, 4.69) is 20.4 Å². The highest BCUT2D eigenvalue weighted by Gasteiger charge is 2.13. The molecule has 3 aromatic rings. The normalized spacial score (nSPS) is 10.8. The molecule has 0 fully saturated rings. The summed E-state index contributed by atoms with van der Waals surface area (Å²) in [5.41, 5.74) is 3.44. The Hall–Kier alpha value is -3.16. The summed E-state index contributed by atoms with van der Waals surface area (Å²) in [5.74, 6) is 1.70. The first kappa shape index (κ1) is 17.7. The standard InChI is InChI=1S/C18H21N5O3/c1-11-16(12(2)23-18(21-11)19-10-20-23)5-6-17(24)22-13-7-14(25-3)9-15(8-13)26-4/h7-10H,5-6H2,1-4H3,(H,22,24). The number of hydrogen-bond acceptors (Lipinski definition) is 6. The maximum absolute atomic E-state index is 12.4. The monoisotopic (exact) mass is 355 g/mol. The Morgan fingerprint density at radius 2 is 1.85 bits per heavy atom. The van der Waals surface area contributed by atoms with Crippen LogP contribution in [0.15, 0.2) is 24.5 Å². The van der Waals surface area contributed by atoms with Gasteiger partial charge in [-0.3, -0.25) is 4.79 Å². The molecule has 1 N–H and O–H groups in total. The topological polar surface area (TPSA) is 90.6 Å². The molecule has 1 aromatic carbocycles. The molecule has 0 bridgehead atoms. The van der Waals surface area contributed by atoms with Crippen molar-refractivity contribution in [2.75, 3.05) is 19.5 Å². The largest absolute Gasteiger partial charge is 0.497 e. The molecule has 0 aliphatic carbocycles. The van der Waals surface area contributed by atoms with E-state index in [4.69, 9.17) is 9.47 Å². The maximum atomic E-state index is 12.4. The predicted octanol–water partition coefficient (Wildman–Crippen LogP) is 2.33. The SMILES string of the molecule is COc1cc(NC(=O)CCc2c(C)nc3ncnn3c2C)cc(OC)c1. The van der Waals surface area contributed by atoms with E-state index in [-0.39, 0.29) is 5.91 Å². The van der Waals surface area contributed by atoms with E-state index in [0.717, 1.165) is 17.0 Å². The van der Waals surface area contributed by atoms with Crippen molar-refractivity contribution in [3.05, 3.63) is 41.5 Å². The van der Waals surface area contributed by atoms with Gasteiger partial charge in [0, 0.05) is 41.7 Å². The second-order valence-corrected chi connectivity index (χ2v) is 5.88. The highest BCUT2D eigenvalue weighted by Crippen LogP contribution is 2.26. The zero-order chi connectivity index (χ0) is 18.7. The van der Waals surface area contributed by atoms with Crippen LogP contribution in [0.2, 0.25) is 0 Å². The van der Waals surface area contributed by atoms with Crippen molar-refractivity contribution in [3.8, 4) is 11.5 Å². The third kappa shape index (κ3) is 3.58. The zero-order valence-electron chi connectivity index (χ0n) is 15.2. The van der Waals surface area contributed by atoms with E-state index in [1.165, 1.54) is 6.33 Å². The molecule has 3 rings (SSSR count). The van der Waals surface area contributed by atoms with Gasteiger partial charge in [0.1, 0.15) is 17.8 Å². The summed E-state index contributed by atoms with van der Waals surface area (Å²) in [7, 11) is 3.14. The van der Waals surface area contributed by atoms with Gasteiger partial charge in [0.05, 0.1) is 14.2 Å². The molecule has 0 spiro atoms. The molecule has 0 atom stereocenters. The molecule has 0 radical (unpaired) electrons. The summed E-state index contributed by atoms with van der Waals surface area (Å²) in [4.78, 5) is 20.9. The van der Waals surface area contributed by atoms with Crippen LogP contribution < -0.4 is 14.8 Å². The van der Waals surface area contributed by atoms with E-state index in [9.17, 15) is 4.79 Å². The van der Waals surface area contributed by atoms with Gasteiger partial charge in [-0.05, 0) is 25.8 Å². The van der Waals surface area contributed by atoms with Crippen LogP contribution in [0, 0.1) is 13.8 Å². The zero-order valence-corrected chi connectivity index (χ0v) is 15.2. The molecule has 0 aliphatic heterocycles. The molecule has 136 valence electrons. The quantitative estimate of drug-likeness (QED) is 0.730. The van der Waals surface area contributed by atoms with E-state index < -0.39 is 0 Å². The Kier molecular flexibility index (Phi) is 5.01. The minimum absolute atomic E-state index is 0.0993. The molecular weight excluding hydrogens is 334 g/mol. The summed E-state index contributed by atoms with van der Waals surface area (Å²) >= 11 is 0. The molecule has 8 heteroatoms. The number of nitrogens with one attached hydrogen (secondary N) is 1. The number of aromatic nitrogens is 4. The molecule has 0 saturated carbocycles. The molecule has 0 aliphatic rings. The van der Waals surface area contributed by atoms with Gasteiger partial charge in [0.15, 0.2) is 0 Å². The van der Waals surface area contributed by atoms with Crippen molar-refractivity contribution in [1.29, 1.82) is 0 Å². The summed E-state index contributed by atoms with van der Waals surface area (Å²) in [6.45, 7) is 3.87. The van der Waals surface area contributed by atoms with Crippen LogP contribution in [-0.4, -0.2) is 39.7 Å². The number of nitrogens with zero attached hydrogens (tertiary/aromatic N) is 4. The first-order chi connectivity index (χ1) is 12.5. The fraction of sp³-hybridized carbons (Fsp3) is 0.333. The van der Waals surface area contributed by atoms with Crippen LogP contribution in [0.4, 0.5) is 5.69 Å². The number of benzene rings is 1. The van der Waals surface area contributed by atoms with Gasteiger partial charge in [-0.2, -0.15) is 10.1 Å². The number of methoxy groups -OCH3 is 2. The number of rotatable bonds is 6. The number of aryl methyl sites for hydroxylation is 2. The summed E-state index contributed by atoms with van der Waals surface area (Å²) in [6, 6.07) is 5.25. The molecule has 2 aromatic heterocycles. The van der Waals surface area contributed by atoms with Gasteiger partial charge in [0.2, 0.25) is 5.91 Å². The average Bonchev–Trinajstić information content (AvgIpc) is 3.09. The Balaban J connectivity index is 1.72. The average molecular weight is 355 g/mol. The summed E-state index contributed by atoms with van der Waals surface area (Å²) in [6.07, 6.45) is 2.36. The lowest BCUT2D eigenvalue weighted by Crippen LogP contribution is -2.14.